The minimum absolute atomic E-state index is 0.102. The van der Waals surface area contributed by atoms with E-state index in [-0.39, 0.29) is 17.4 Å². The van der Waals surface area contributed by atoms with Crippen molar-refractivity contribution in [1.29, 1.82) is 0 Å². The number of nitrogens with zero attached hydrogens (tertiary/aromatic N) is 5. The SMILES string of the molecule is CCn1c(N2CC3CN(C(=O)c4ccc(F)c(C)n4)CC3C2)nc2ccccc21. The first kappa shape index (κ1) is 18.1. The molecule has 2 atom stereocenters. The number of carbonyl (C=O) groups excluding carboxylic acids is 1. The number of aryl methyl sites for hydroxylation is 2. The number of aromatic nitrogens is 3. The van der Waals surface area contributed by atoms with Gasteiger partial charge in [-0.25, -0.2) is 14.4 Å². The summed E-state index contributed by atoms with van der Waals surface area (Å²) in [6, 6.07) is 11.0. The maximum atomic E-state index is 13.5. The number of hydrogen-bond acceptors (Lipinski definition) is 4. The Kier molecular flexibility index (Phi) is 4.26. The second-order valence-corrected chi connectivity index (χ2v) is 8.04. The fourth-order valence-corrected chi connectivity index (χ4v) is 4.76. The fourth-order valence-electron chi connectivity index (χ4n) is 4.76. The van der Waals surface area contributed by atoms with E-state index in [1.54, 1.807) is 6.92 Å². The van der Waals surface area contributed by atoms with Crippen molar-refractivity contribution in [3.05, 3.63) is 53.6 Å². The Morgan fingerprint density at radius 2 is 1.79 bits per heavy atom. The highest BCUT2D eigenvalue weighted by molar-refractivity contribution is 5.92. The number of anilines is 1. The van der Waals surface area contributed by atoms with Crippen molar-refractivity contribution < 1.29 is 9.18 Å². The Morgan fingerprint density at radius 1 is 1.07 bits per heavy atom. The molecule has 3 aromatic rings. The van der Waals surface area contributed by atoms with Crippen molar-refractivity contribution in [1.82, 2.24) is 19.4 Å². The summed E-state index contributed by atoms with van der Waals surface area (Å²) in [5, 5.41) is 0. The smallest absolute Gasteiger partial charge is 0.272 e. The first-order chi connectivity index (χ1) is 14.0. The highest BCUT2D eigenvalue weighted by Crippen LogP contribution is 2.35. The number of fused-ring (bicyclic) bond motifs is 2. The monoisotopic (exact) mass is 393 g/mol. The van der Waals surface area contributed by atoms with Gasteiger partial charge in [0, 0.05) is 44.6 Å². The molecule has 0 radical (unpaired) electrons. The molecule has 0 N–H and O–H groups in total. The largest absolute Gasteiger partial charge is 0.342 e. The summed E-state index contributed by atoms with van der Waals surface area (Å²) in [5.41, 5.74) is 2.78. The fraction of sp³-hybridized carbons (Fsp3) is 0.409. The van der Waals surface area contributed by atoms with E-state index in [1.165, 1.54) is 12.1 Å². The van der Waals surface area contributed by atoms with Crippen LogP contribution in [0.4, 0.5) is 10.3 Å². The lowest BCUT2D eigenvalue weighted by Gasteiger charge is -2.23. The van der Waals surface area contributed by atoms with Gasteiger partial charge in [-0.2, -0.15) is 0 Å². The number of imidazole rings is 1. The first-order valence-corrected chi connectivity index (χ1v) is 10.2. The number of likely N-dealkylation sites (tertiary alicyclic amines) is 1. The average molecular weight is 393 g/mol. The summed E-state index contributed by atoms with van der Waals surface area (Å²) < 4.78 is 15.7. The Hall–Kier alpha value is -2.96. The maximum absolute atomic E-state index is 13.5. The second kappa shape index (κ2) is 6.83. The van der Waals surface area contributed by atoms with Crippen LogP contribution in [0.1, 0.15) is 23.1 Å². The Bertz CT molecular complexity index is 1080. The summed E-state index contributed by atoms with van der Waals surface area (Å²) in [6.45, 7) is 7.83. The molecule has 0 aliphatic carbocycles. The molecule has 1 amide bonds. The molecule has 2 aliphatic rings. The summed E-state index contributed by atoms with van der Waals surface area (Å²) in [5.74, 6) is 1.39. The van der Waals surface area contributed by atoms with Gasteiger partial charge < -0.3 is 14.4 Å². The zero-order valence-corrected chi connectivity index (χ0v) is 16.7. The van der Waals surface area contributed by atoms with Crippen molar-refractivity contribution in [3.63, 3.8) is 0 Å². The molecular weight excluding hydrogens is 369 g/mol. The lowest BCUT2D eigenvalue weighted by molar-refractivity contribution is 0.0776. The van der Waals surface area contributed by atoms with E-state index in [1.807, 2.05) is 17.0 Å². The molecule has 0 bridgehead atoms. The highest BCUT2D eigenvalue weighted by Gasteiger charge is 2.43. The number of carbonyl (C=O) groups is 1. The molecule has 5 rings (SSSR count). The van der Waals surface area contributed by atoms with Crippen LogP contribution < -0.4 is 4.90 Å². The van der Waals surface area contributed by atoms with Gasteiger partial charge in [0.25, 0.3) is 5.91 Å². The van der Waals surface area contributed by atoms with Crippen molar-refractivity contribution in [2.45, 2.75) is 20.4 Å². The predicted octanol–water partition coefficient (Wildman–Crippen LogP) is 3.11. The number of amides is 1. The van der Waals surface area contributed by atoms with Crippen LogP contribution in [0.25, 0.3) is 11.0 Å². The van der Waals surface area contributed by atoms with E-state index in [2.05, 4.69) is 33.5 Å². The number of pyridine rings is 1. The van der Waals surface area contributed by atoms with Crippen LogP contribution in [-0.2, 0) is 6.54 Å². The third-order valence-electron chi connectivity index (χ3n) is 6.25. The first-order valence-electron chi connectivity index (χ1n) is 10.2. The quantitative estimate of drug-likeness (QED) is 0.686. The normalized spacial score (nSPS) is 21.2. The van der Waals surface area contributed by atoms with E-state index in [0.717, 1.165) is 36.6 Å². The lowest BCUT2D eigenvalue weighted by atomic mass is 10.0. The molecule has 2 saturated heterocycles. The average Bonchev–Trinajstić information content (AvgIpc) is 3.39. The van der Waals surface area contributed by atoms with Gasteiger partial charge in [-0.15, -0.1) is 0 Å². The number of halogens is 1. The topological polar surface area (TPSA) is 54.3 Å². The molecule has 7 heteroatoms. The van der Waals surface area contributed by atoms with Crippen molar-refractivity contribution >= 4 is 22.9 Å². The van der Waals surface area contributed by atoms with Gasteiger partial charge in [0.1, 0.15) is 11.5 Å². The van der Waals surface area contributed by atoms with E-state index in [0.29, 0.717) is 30.6 Å². The summed E-state index contributed by atoms with van der Waals surface area (Å²) in [4.78, 5) is 26.1. The molecule has 150 valence electrons. The number of para-hydroxylation sites is 2. The van der Waals surface area contributed by atoms with E-state index >= 15 is 0 Å². The molecule has 0 spiro atoms. The van der Waals surface area contributed by atoms with Crippen molar-refractivity contribution in [2.75, 3.05) is 31.1 Å². The molecule has 4 heterocycles. The lowest BCUT2D eigenvalue weighted by Crippen LogP contribution is -2.34. The summed E-state index contributed by atoms with van der Waals surface area (Å²) in [6.07, 6.45) is 0. The standard InChI is InChI=1S/C22H24FN5O/c1-3-28-20-7-5-4-6-18(20)25-22(28)27-12-15-10-26(11-16(15)13-27)21(29)19-9-8-17(23)14(2)24-19/h4-9,15-16H,3,10-13H2,1-2H3. The summed E-state index contributed by atoms with van der Waals surface area (Å²) >= 11 is 0. The molecule has 2 aliphatic heterocycles. The minimum Gasteiger partial charge on any atom is -0.342 e. The van der Waals surface area contributed by atoms with Gasteiger partial charge in [0.15, 0.2) is 0 Å². The van der Waals surface area contributed by atoms with Crippen molar-refractivity contribution in [2.24, 2.45) is 11.8 Å². The molecule has 6 nitrogen and oxygen atoms in total. The van der Waals surface area contributed by atoms with Crippen LogP contribution >= 0.6 is 0 Å². The van der Waals surface area contributed by atoms with Crippen LogP contribution in [0.5, 0.6) is 0 Å². The molecule has 2 aromatic heterocycles. The molecule has 0 saturated carbocycles. The molecule has 29 heavy (non-hydrogen) atoms. The van der Waals surface area contributed by atoms with Crippen molar-refractivity contribution in [3.8, 4) is 0 Å². The third-order valence-corrected chi connectivity index (χ3v) is 6.25. The van der Waals surface area contributed by atoms with Crippen LogP contribution in [0.15, 0.2) is 36.4 Å². The van der Waals surface area contributed by atoms with Gasteiger partial charge in [-0.1, -0.05) is 12.1 Å². The Balaban J connectivity index is 1.32. The number of hydrogen-bond donors (Lipinski definition) is 0. The van der Waals surface area contributed by atoms with Crippen LogP contribution in [-0.4, -0.2) is 51.5 Å². The zero-order chi connectivity index (χ0) is 20.1. The number of rotatable bonds is 3. The van der Waals surface area contributed by atoms with E-state index in [9.17, 15) is 9.18 Å². The van der Waals surface area contributed by atoms with Crippen LogP contribution in [0.2, 0.25) is 0 Å². The third kappa shape index (κ3) is 2.96. The highest BCUT2D eigenvalue weighted by atomic mass is 19.1. The van der Waals surface area contributed by atoms with E-state index in [4.69, 9.17) is 4.98 Å². The Morgan fingerprint density at radius 3 is 2.48 bits per heavy atom. The zero-order valence-electron chi connectivity index (χ0n) is 16.7. The van der Waals surface area contributed by atoms with Crippen LogP contribution in [0.3, 0.4) is 0 Å². The van der Waals surface area contributed by atoms with Gasteiger partial charge in [0.05, 0.1) is 16.7 Å². The van der Waals surface area contributed by atoms with Gasteiger partial charge in [-0.05, 0) is 38.1 Å². The number of benzene rings is 1. The molecule has 2 unspecified atom stereocenters. The maximum Gasteiger partial charge on any atom is 0.272 e. The molecule has 2 fully saturated rings. The van der Waals surface area contributed by atoms with Gasteiger partial charge in [-0.3, -0.25) is 4.79 Å². The van der Waals surface area contributed by atoms with Gasteiger partial charge >= 0.3 is 0 Å². The molecular formula is C22H24FN5O. The van der Waals surface area contributed by atoms with E-state index < -0.39 is 0 Å². The second-order valence-electron chi connectivity index (χ2n) is 8.04. The molecule has 1 aromatic carbocycles. The van der Waals surface area contributed by atoms with Gasteiger partial charge in [0.2, 0.25) is 5.95 Å². The minimum atomic E-state index is -0.380. The summed E-state index contributed by atoms with van der Waals surface area (Å²) in [7, 11) is 0. The predicted molar refractivity (Wildman–Crippen MR) is 109 cm³/mol. The van der Waals surface area contributed by atoms with Crippen LogP contribution in [0, 0.1) is 24.6 Å². The Labute approximate surface area is 169 Å².